The molecule has 0 fully saturated rings. The summed E-state index contributed by atoms with van der Waals surface area (Å²) in [6.07, 6.45) is 1.68. The minimum Gasteiger partial charge on any atom is -0.311 e. The van der Waals surface area contributed by atoms with Gasteiger partial charge in [-0.15, -0.1) is 11.6 Å². The molecule has 1 aromatic carbocycles. The normalized spacial score (nSPS) is 14.9. The van der Waals surface area contributed by atoms with E-state index in [1.54, 1.807) is 11.0 Å². The van der Waals surface area contributed by atoms with Crippen molar-refractivity contribution in [2.24, 2.45) is 0 Å². The molecule has 1 aliphatic heterocycles. The molecule has 15 heavy (non-hydrogen) atoms. The Morgan fingerprint density at radius 1 is 1.53 bits per heavy atom. The molecule has 1 aromatic rings. The second-order valence-electron chi connectivity index (χ2n) is 3.56. The van der Waals surface area contributed by atoms with Gasteiger partial charge in [-0.3, -0.25) is 4.79 Å². The van der Waals surface area contributed by atoms with Crippen molar-refractivity contribution in [1.82, 2.24) is 0 Å². The number of hydrogen-bond acceptors (Lipinski definition) is 1. The number of aryl methyl sites for hydroxylation is 1. The van der Waals surface area contributed by atoms with Gasteiger partial charge in [-0.05, 0) is 36.6 Å². The summed E-state index contributed by atoms with van der Waals surface area (Å²) in [5, 5.41) is 0. The van der Waals surface area contributed by atoms with E-state index in [-0.39, 0.29) is 17.6 Å². The van der Waals surface area contributed by atoms with E-state index in [0.29, 0.717) is 6.54 Å². The Balaban J connectivity index is 2.38. The number of carbonyl (C=O) groups is 1. The minimum absolute atomic E-state index is 0.0309. The molecule has 1 aliphatic rings. The van der Waals surface area contributed by atoms with E-state index in [4.69, 9.17) is 11.6 Å². The number of halogens is 2. The van der Waals surface area contributed by atoms with Crippen LogP contribution in [-0.2, 0) is 11.2 Å². The van der Waals surface area contributed by atoms with E-state index in [0.717, 1.165) is 24.1 Å². The van der Waals surface area contributed by atoms with Crippen molar-refractivity contribution in [3.8, 4) is 0 Å². The molecule has 0 N–H and O–H groups in total. The number of alkyl halides is 1. The quantitative estimate of drug-likeness (QED) is 0.675. The summed E-state index contributed by atoms with van der Waals surface area (Å²) in [6, 6.07) is 4.51. The highest BCUT2D eigenvalue weighted by Crippen LogP contribution is 2.27. The maximum atomic E-state index is 13.0. The van der Waals surface area contributed by atoms with Gasteiger partial charge in [0.05, 0.1) is 0 Å². The highest BCUT2D eigenvalue weighted by molar-refractivity contribution is 6.29. The Bertz CT molecular complexity index is 394. The van der Waals surface area contributed by atoms with Crippen molar-refractivity contribution in [2.45, 2.75) is 12.8 Å². The van der Waals surface area contributed by atoms with Gasteiger partial charge in [-0.1, -0.05) is 0 Å². The number of benzene rings is 1. The van der Waals surface area contributed by atoms with Crippen LogP contribution < -0.4 is 4.90 Å². The largest absolute Gasteiger partial charge is 0.311 e. The number of rotatable bonds is 1. The van der Waals surface area contributed by atoms with E-state index >= 15 is 0 Å². The van der Waals surface area contributed by atoms with Gasteiger partial charge < -0.3 is 4.90 Å². The molecule has 0 radical (unpaired) electrons. The van der Waals surface area contributed by atoms with Crippen molar-refractivity contribution in [3.05, 3.63) is 29.6 Å². The molecule has 0 aromatic heterocycles. The monoisotopic (exact) mass is 227 g/mol. The molecular weight excluding hydrogens is 217 g/mol. The van der Waals surface area contributed by atoms with Crippen LogP contribution in [0, 0.1) is 5.82 Å². The van der Waals surface area contributed by atoms with Crippen LogP contribution in [0.1, 0.15) is 12.0 Å². The molecule has 1 amide bonds. The molecule has 0 saturated heterocycles. The smallest absolute Gasteiger partial charge is 0.241 e. The summed E-state index contributed by atoms with van der Waals surface area (Å²) in [6.45, 7) is 0.671. The van der Waals surface area contributed by atoms with E-state index in [1.165, 1.54) is 12.1 Å². The van der Waals surface area contributed by atoms with E-state index in [9.17, 15) is 9.18 Å². The van der Waals surface area contributed by atoms with Crippen LogP contribution in [0.4, 0.5) is 10.1 Å². The molecule has 1 heterocycles. The van der Waals surface area contributed by atoms with E-state index < -0.39 is 0 Å². The summed E-state index contributed by atoms with van der Waals surface area (Å²) < 4.78 is 13.0. The lowest BCUT2D eigenvalue weighted by molar-refractivity contribution is -0.116. The highest BCUT2D eigenvalue weighted by Gasteiger charge is 2.21. The number of fused-ring (bicyclic) bond motifs is 1. The maximum absolute atomic E-state index is 13.0. The zero-order valence-electron chi connectivity index (χ0n) is 8.17. The van der Waals surface area contributed by atoms with Crippen LogP contribution in [0.2, 0.25) is 0 Å². The van der Waals surface area contributed by atoms with Crippen LogP contribution in [-0.4, -0.2) is 18.3 Å². The van der Waals surface area contributed by atoms with Gasteiger partial charge in [0.15, 0.2) is 0 Å². The first-order valence-electron chi connectivity index (χ1n) is 4.87. The first-order valence-corrected chi connectivity index (χ1v) is 5.40. The zero-order valence-corrected chi connectivity index (χ0v) is 8.93. The first-order chi connectivity index (χ1) is 7.22. The number of nitrogens with zero attached hydrogens (tertiary/aromatic N) is 1. The predicted octanol–water partition coefficient (Wildman–Crippen LogP) is 2.34. The zero-order chi connectivity index (χ0) is 10.8. The average Bonchev–Trinajstić information content (AvgIpc) is 2.26. The van der Waals surface area contributed by atoms with Crippen molar-refractivity contribution >= 4 is 23.2 Å². The fourth-order valence-electron chi connectivity index (χ4n) is 1.90. The van der Waals surface area contributed by atoms with Gasteiger partial charge in [-0.2, -0.15) is 0 Å². The molecule has 0 aliphatic carbocycles. The summed E-state index contributed by atoms with van der Waals surface area (Å²) >= 11 is 5.52. The molecular formula is C11H11ClFNO. The van der Waals surface area contributed by atoms with Crippen LogP contribution in [0.15, 0.2) is 18.2 Å². The lowest BCUT2D eigenvalue weighted by Crippen LogP contribution is -2.36. The lowest BCUT2D eigenvalue weighted by Gasteiger charge is -2.28. The summed E-state index contributed by atoms with van der Waals surface area (Å²) in [7, 11) is 0. The van der Waals surface area contributed by atoms with Gasteiger partial charge >= 0.3 is 0 Å². The third-order valence-electron chi connectivity index (χ3n) is 2.58. The molecule has 0 saturated carbocycles. The molecule has 4 heteroatoms. The van der Waals surface area contributed by atoms with Gasteiger partial charge in [0.1, 0.15) is 11.7 Å². The Morgan fingerprint density at radius 2 is 2.33 bits per heavy atom. The van der Waals surface area contributed by atoms with Crippen LogP contribution in [0.5, 0.6) is 0 Å². The fraction of sp³-hybridized carbons (Fsp3) is 0.364. The van der Waals surface area contributed by atoms with Gasteiger partial charge in [-0.25, -0.2) is 4.39 Å². The van der Waals surface area contributed by atoms with Crippen molar-refractivity contribution in [1.29, 1.82) is 0 Å². The van der Waals surface area contributed by atoms with Gasteiger partial charge in [0.2, 0.25) is 5.91 Å². The Hall–Kier alpha value is -1.09. The van der Waals surface area contributed by atoms with E-state index in [1.807, 2.05) is 0 Å². The number of carbonyl (C=O) groups excluding carboxylic acids is 1. The van der Waals surface area contributed by atoms with Crippen molar-refractivity contribution < 1.29 is 9.18 Å². The SMILES string of the molecule is O=C(CCl)N1CCCc2cc(F)ccc21. The van der Waals surface area contributed by atoms with Crippen LogP contribution in [0.3, 0.4) is 0 Å². The van der Waals surface area contributed by atoms with E-state index in [2.05, 4.69) is 0 Å². The average molecular weight is 228 g/mol. The molecule has 2 nitrogen and oxygen atoms in total. The van der Waals surface area contributed by atoms with Crippen molar-refractivity contribution in [3.63, 3.8) is 0 Å². The van der Waals surface area contributed by atoms with Crippen LogP contribution in [0.25, 0.3) is 0 Å². The number of hydrogen-bond donors (Lipinski definition) is 0. The Labute approximate surface area is 92.6 Å². The summed E-state index contributed by atoms with van der Waals surface area (Å²) in [5.41, 5.74) is 1.69. The van der Waals surface area contributed by atoms with Crippen molar-refractivity contribution in [2.75, 3.05) is 17.3 Å². The topological polar surface area (TPSA) is 20.3 Å². The number of anilines is 1. The molecule has 0 spiro atoms. The Kier molecular flexibility index (Phi) is 2.91. The maximum Gasteiger partial charge on any atom is 0.241 e. The molecule has 80 valence electrons. The van der Waals surface area contributed by atoms with Crippen LogP contribution >= 0.6 is 11.6 Å². The highest BCUT2D eigenvalue weighted by atomic mass is 35.5. The predicted molar refractivity (Wildman–Crippen MR) is 57.8 cm³/mol. The fourth-order valence-corrected chi connectivity index (χ4v) is 2.04. The summed E-state index contributed by atoms with van der Waals surface area (Å²) in [5.74, 6) is -0.408. The third-order valence-corrected chi connectivity index (χ3v) is 2.80. The number of amides is 1. The molecule has 2 rings (SSSR count). The minimum atomic E-state index is -0.256. The standard InChI is InChI=1S/C11H11ClFNO/c12-7-11(15)14-5-1-2-8-6-9(13)3-4-10(8)14/h3-4,6H,1-2,5,7H2. The molecule has 0 bridgehead atoms. The second-order valence-corrected chi connectivity index (χ2v) is 3.82. The molecule has 0 atom stereocenters. The second kappa shape index (κ2) is 4.19. The van der Waals surface area contributed by atoms with Gasteiger partial charge in [0, 0.05) is 12.2 Å². The first kappa shape index (κ1) is 10.4. The molecule has 0 unspecified atom stereocenters. The van der Waals surface area contributed by atoms with Gasteiger partial charge in [0.25, 0.3) is 0 Å². The summed E-state index contributed by atoms with van der Waals surface area (Å²) in [4.78, 5) is 13.1. The lowest BCUT2D eigenvalue weighted by atomic mass is 10.0. The Morgan fingerprint density at radius 3 is 3.07 bits per heavy atom. The third kappa shape index (κ3) is 1.97.